The van der Waals surface area contributed by atoms with E-state index in [0.717, 1.165) is 22.8 Å². The number of fused-ring (bicyclic) bond motifs is 1. The van der Waals surface area contributed by atoms with Crippen molar-refractivity contribution in [1.29, 1.82) is 0 Å². The van der Waals surface area contributed by atoms with E-state index in [4.69, 9.17) is 4.74 Å². The van der Waals surface area contributed by atoms with Gasteiger partial charge in [0.1, 0.15) is 5.75 Å². The first-order chi connectivity index (χ1) is 13.4. The number of aryl methyl sites for hydroxylation is 2. The van der Waals surface area contributed by atoms with Crippen molar-refractivity contribution in [3.8, 4) is 5.75 Å². The third kappa shape index (κ3) is 4.47. The Morgan fingerprint density at radius 2 is 1.89 bits per heavy atom. The molecule has 0 radical (unpaired) electrons. The maximum atomic E-state index is 12.9. The first-order valence-corrected chi connectivity index (χ1v) is 9.60. The summed E-state index contributed by atoms with van der Waals surface area (Å²) >= 11 is 0. The fourth-order valence-electron chi connectivity index (χ4n) is 3.09. The maximum Gasteiger partial charge on any atom is 0.252 e. The molecule has 7 heteroatoms. The lowest BCUT2D eigenvalue weighted by atomic mass is 10.1. The van der Waals surface area contributed by atoms with Gasteiger partial charge in [0.15, 0.2) is 5.82 Å². The highest BCUT2D eigenvalue weighted by Gasteiger charge is 2.20. The van der Waals surface area contributed by atoms with Crippen LogP contribution in [0.25, 0.3) is 5.78 Å². The van der Waals surface area contributed by atoms with Crippen LogP contribution in [0, 0.1) is 19.8 Å². The molecule has 1 aromatic carbocycles. The Bertz CT molecular complexity index is 963. The van der Waals surface area contributed by atoms with Crippen molar-refractivity contribution in [3.05, 3.63) is 47.5 Å². The van der Waals surface area contributed by atoms with Crippen LogP contribution in [-0.4, -0.2) is 32.1 Å². The number of amides is 1. The second kappa shape index (κ2) is 8.37. The van der Waals surface area contributed by atoms with E-state index in [9.17, 15) is 4.79 Å². The lowest BCUT2D eigenvalue weighted by Crippen LogP contribution is -2.31. The molecule has 3 aromatic rings. The van der Waals surface area contributed by atoms with Gasteiger partial charge in [-0.3, -0.25) is 4.79 Å². The molecule has 7 nitrogen and oxygen atoms in total. The standard InChI is InChI=1S/C21H27N5O2/c1-6-28-18-9-7-17(8-10-18)25(20(27)11-14(2)3)13-19-23-21-22-15(4)12-16(5)26(21)24-19/h7-10,12,14H,6,11,13H2,1-5H3. The summed E-state index contributed by atoms with van der Waals surface area (Å²) in [6.07, 6.45) is 0.455. The van der Waals surface area contributed by atoms with E-state index in [1.54, 1.807) is 9.42 Å². The highest BCUT2D eigenvalue weighted by atomic mass is 16.5. The predicted molar refractivity (Wildman–Crippen MR) is 109 cm³/mol. The molecule has 0 aliphatic heterocycles. The second-order valence-corrected chi connectivity index (χ2v) is 7.28. The summed E-state index contributed by atoms with van der Waals surface area (Å²) in [5.41, 5.74) is 2.65. The van der Waals surface area contributed by atoms with Gasteiger partial charge in [0.05, 0.1) is 13.2 Å². The van der Waals surface area contributed by atoms with Crippen LogP contribution in [0.15, 0.2) is 30.3 Å². The van der Waals surface area contributed by atoms with Gasteiger partial charge in [-0.2, -0.15) is 4.98 Å². The van der Waals surface area contributed by atoms with Crippen LogP contribution < -0.4 is 9.64 Å². The van der Waals surface area contributed by atoms with Crippen molar-refractivity contribution in [1.82, 2.24) is 19.6 Å². The molecule has 0 spiro atoms. The number of aromatic nitrogens is 4. The Labute approximate surface area is 165 Å². The topological polar surface area (TPSA) is 72.6 Å². The minimum atomic E-state index is 0.0406. The van der Waals surface area contributed by atoms with Crippen molar-refractivity contribution in [2.45, 2.75) is 47.6 Å². The molecular formula is C21H27N5O2. The van der Waals surface area contributed by atoms with E-state index in [0.29, 0.717) is 31.2 Å². The fraction of sp³-hybridized carbons (Fsp3) is 0.429. The monoisotopic (exact) mass is 381 g/mol. The molecule has 0 saturated carbocycles. The third-order valence-electron chi connectivity index (χ3n) is 4.31. The molecule has 0 saturated heterocycles. The number of rotatable bonds is 7. The van der Waals surface area contributed by atoms with Crippen LogP contribution in [0.3, 0.4) is 0 Å². The summed E-state index contributed by atoms with van der Waals surface area (Å²) in [4.78, 5) is 23.6. The van der Waals surface area contributed by atoms with Crippen molar-refractivity contribution in [2.24, 2.45) is 5.92 Å². The quantitative estimate of drug-likeness (QED) is 0.624. The Kier molecular flexibility index (Phi) is 5.92. The van der Waals surface area contributed by atoms with Gasteiger partial charge in [-0.05, 0) is 57.0 Å². The number of benzene rings is 1. The highest BCUT2D eigenvalue weighted by molar-refractivity contribution is 5.93. The normalized spacial score (nSPS) is 11.2. The van der Waals surface area contributed by atoms with Crippen LogP contribution in [-0.2, 0) is 11.3 Å². The summed E-state index contributed by atoms with van der Waals surface area (Å²) in [7, 11) is 0. The highest BCUT2D eigenvalue weighted by Crippen LogP contribution is 2.23. The van der Waals surface area contributed by atoms with E-state index in [2.05, 4.69) is 15.1 Å². The van der Waals surface area contributed by atoms with Crippen LogP contribution in [0.1, 0.15) is 44.4 Å². The van der Waals surface area contributed by atoms with Gasteiger partial charge in [-0.1, -0.05) is 13.8 Å². The predicted octanol–water partition coefficient (Wildman–Crippen LogP) is 3.72. The van der Waals surface area contributed by atoms with Crippen LogP contribution in [0.2, 0.25) is 0 Å². The Balaban J connectivity index is 1.92. The van der Waals surface area contributed by atoms with E-state index in [-0.39, 0.29) is 11.8 Å². The minimum absolute atomic E-state index is 0.0406. The van der Waals surface area contributed by atoms with Crippen molar-refractivity contribution in [2.75, 3.05) is 11.5 Å². The fourth-order valence-corrected chi connectivity index (χ4v) is 3.09. The molecule has 2 heterocycles. The maximum absolute atomic E-state index is 12.9. The van der Waals surface area contributed by atoms with Gasteiger partial charge in [0.25, 0.3) is 5.78 Å². The van der Waals surface area contributed by atoms with Crippen molar-refractivity contribution >= 4 is 17.4 Å². The minimum Gasteiger partial charge on any atom is -0.494 e. The Morgan fingerprint density at radius 1 is 1.18 bits per heavy atom. The van der Waals surface area contributed by atoms with Crippen molar-refractivity contribution in [3.63, 3.8) is 0 Å². The summed E-state index contributed by atoms with van der Waals surface area (Å²) in [5, 5.41) is 4.55. The first kappa shape index (κ1) is 19.8. The van der Waals surface area contributed by atoms with Gasteiger partial charge in [0.2, 0.25) is 5.91 Å². The molecule has 0 N–H and O–H groups in total. The van der Waals surface area contributed by atoms with E-state index in [1.807, 2.05) is 65.0 Å². The zero-order valence-electron chi connectivity index (χ0n) is 17.1. The van der Waals surface area contributed by atoms with E-state index < -0.39 is 0 Å². The molecule has 3 rings (SSSR count). The summed E-state index contributed by atoms with van der Waals surface area (Å²) in [6, 6.07) is 9.50. The largest absolute Gasteiger partial charge is 0.494 e. The van der Waals surface area contributed by atoms with Crippen LogP contribution in [0.4, 0.5) is 5.69 Å². The number of hydrogen-bond acceptors (Lipinski definition) is 5. The smallest absolute Gasteiger partial charge is 0.252 e. The molecule has 0 atom stereocenters. The Morgan fingerprint density at radius 3 is 2.54 bits per heavy atom. The van der Waals surface area contributed by atoms with E-state index in [1.165, 1.54) is 0 Å². The molecule has 0 aliphatic carbocycles. The molecule has 0 aliphatic rings. The molecule has 0 bridgehead atoms. The molecule has 0 fully saturated rings. The van der Waals surface area contributed by atoms with E-state index >= 15 is 0 Å². The van der Waals surface area contributed by atoms with Gasteiger partial charge in [-0.25, -0.2) is 9.50 Å². The van der Waals surface area contributed by atoms with Crippen LogP contribution >= 0.6 is 0 Å². The lowest BCUT2D eigenvalue weighted by Gasteiger charge is -2.22. The average Bonchev–Trinajstić information content (AvgIpc) is 3.03. The number of carbonyl (C=O) groups excluding carboxylic acids is 1. The second-order valence-electron chi connectivity index (χ2n) is 7.28. The van der Waals surface area contributed by atoms with Gasteiger partial charge in [0, 0.05) is 23.5 Å². The summed E-state index contributed by atoms with van der Waals surface area (Å²) in [6.45, 7) is 10.8. The SMILES string of the molecule is CCOc1ccc(N(Cc2nc3nc(C)cc(C)n3n2)C(=O)CC(C)C)cc1. The average molecular weight is 381 g/mol. The number of hydrogen-bond donors (Lipinski definition) is 0. The molecular weight excluding hydrogens is 354 g/mol. The van der Waals surface area contributed by atoms with Crippen molar-refractivity contribution < 1.29 is 9.53 Å². The first-order valence-electron chi connectivity index (χ1n) is 9.60. The molecule has 2 aromatic heterocycles. The lowest BCUT2D eigenvalue weighted by molar-refractivity contribution is -0.119. The summed E-state index contributed by atoms with van der Waals surface area (Å²) in [5.74, 6) is 2.20. The van der Waals surface area contributed by atoms with Crippen LogP contribution in [0.5, 0.6) is 5.75 Å². The zero-order chi connectivity index (χ0) is 20.3. The third-order valence-corrected chi connectivity index (χ3v) is 4.31. The molecule has 0 unspecified atom stereocenters. The zero-order valence-corrected chi connectivity index (χ0v) is 17.1. The molecule has 28 heavy (non-hydrogen) atoms. The number of carbonyl (C=O) groups is 1. The number of nitrogens with zero attached hydrogens (tertiary/aromatic N) is 5. The number of ether oxygens (including phenoxy) is 1. The van der Waals surface area contributed by atoms with Gasteiger partial charge >= 0.3 is 0 Å². The summed E-state index contributed by atoms with van der Waals surface area (Å²) < 4.78 is 7.22. The molecule has 148 valence electrons. The van der Waals surface area contributed by atoms with Gasteiger partial charge < -0.3 is 9.64 Å². The number of anilines is 1. The van der Waals surface area contributed by atoms with Gasteiger partial charge in [-0.15, -0.1) is 5.10 Å². The molecule has 1 amide bonds. The Hall–Kier alpha value is -2.96.